The van der Waals surface area contributed by atoms with Crippen molar-refractivity contribution in [2.45, 2.75) is 0 Å². The molecule has 2 aromatic rings. The van der Waals surface area contributed by atoms with Crippen LogP contribution in [0.3, 0.4) is 0 Å². The summed E-state index contributed by atoms with van der Waals surface area (Å²) in [5.41, 5.74) is 6.98. The Morgan fingerprint density at radius 1 is 1.54 bits per heavy atom. The standard InChI is InChI=1S/C8H7ClN2O2/c1-11-6-3-4(9)2-5(10)7(6)13-8(11)12/h2-3H,10H2,1H3. The Balaban J connectivity index is 3.03. The number of nitrogens with zero attached hydrogens (tertiary/aromatic N) is 1. The van der Waals surface area contributed by atoms with Gasteiger partial charge < -0.3 is 10.2 Å². The minimum Gasteiger partial charge on any atom is -0.405 e. The van der Waals surface area contributed by atoms with E-state index in [2.05, 4.69) is 0 Å². The molecule has 2 N–H and O–H groups in total. The fourth-order valence-electron chi connectivity index (χ4n) is 1.21. The molecule has 0 aliphatic heterocycles. The van der Waals surface area contributed by atoms with Crippen molar-refractivity contribution in [1.29, 1.82) is 0 Å². The van der Waals surface area contributed by atoms with Gasteiger partial charge in [-0.1, -0.05) is 11.6 Å². The lowest BCUT2D eigenvalue weighted by molar-refractivity contribution is 0.529. The first-order valence-corrected chi connectivity index (χ1v) is 4.02. The van der Waals surface area contributed by atoms with Crippen LogP contribution >= 0.6 is 11.6 Å². The van der Waals surface area contributed by atoms with Crippen LogP contribution in [-0.4, -0.2) is 4.57 Å². The van der Waals surface area contributed by atoms with Crippen LogP contribution < -0.4 is 11.5 Å². The largest absolute Gasteiger partial charge is 0.419 e. The van der Waals surface area contributed by atoms with Crippen molar-refractivity contribution < 1.29 is 4.42 Å². The molecule has 4 nitrogen and oxygen atoms in total. The van der Waals surface area contributed by atoms with Gasteiger partial charge in [0.15, 0.2) is 5.58 Å². The van der Waals surface area contributed by atoms with E-state index in [0.717, 1.165) is 0 Å². The summed E-state index contributed by atoms with van der Waals surface area (Å²) in [5.74, 6) is -0.441. The Kier molecular flexibility index (Phi) is 1.60. The molecule has 0 aliphatic carbocycles. The highest BCUT2D eigenvalue weighted by Gasteiger charge is 2.09. The van der Waals surface area contributed by atoms with E-state index < -0.39 is 5.76 Å². The van der Waals surface area contributed by atoms with Crippen LogP contribution in [0.25, 0.3) is 11.1 Å². The topological polar surface area (TPSA) is 61.2 Å². The highest BCUT2D eigenvalue weighted by molar-refractivity contribution is 6.31. The van der Waals surface area contributed by atoms with Gasteiger partial charge >= 0.3 is 5.76 Å². The van der Waals surface area contributed by atoms with Crippen molar-refractivity contribution in [3.05, 3.63) is 27.7 Å². The first-order valence-electron chi connectivity index (χ1n) is 3.64. The van der Waals surface area contributed by atoms with Crippen molar-refractivity contribution >= 4 is 28.4 Å². The van der Waals surface area contributed by atoms with Crippen molar-refractivity contribution in [3.63, 3.8) is 0 Å². The molecule has 1 aromatic carbocycles. The molecule has 13 heavy (non-hydrogen) atoms. The molecule has 0 saturated heterocycles. The van der Waals surface area contributed by atoms with Crippen LogP contribution in [0.4, 0.5) is 5.69 Å². The van der Waals surface area contributed by atoms with Gasteiger partial charge in [-0.2, -0.15) is 0 Å². The smallest absolute Gasteiger partial charge is 0.405 e. The number of aromatic nitrogens is 1. The van der Waals surface area contributed by atoms with Crippen molar-refractivity contribution in [3.8, 4) is 0 Å². The van der Waals surface area contributed by atoms with E-state index in [1.807, 2.05) is 0 Å². The number of nitrogen functional groups attached to an aromatic ring is 1. The number of hydrogen-bond acceptors (Lipinski definition) is 3. The second-order valence-corrected chi connectivity index (χ2v) is 3.21. The fraction of sp³-hybridized carbons (Fsp3) is 0.125. The molecule has 0 saturated carbocycles. The summed E-state index contributed by atoms with van der Waals surface area (Å²) in [6.45, 7) is 0. The minimum atomic E-state index is -0.441. The van der Waals surface area contributed by atoms with Crippen LogP contribution in [0.1, 0.15) is 0 Å². The Hall–Kier alpha value is -1.42. The van der Waals surface area contributed by atoms with Crippen molar-refractivity contribution in [2.24, 2.45) is 7.05 Å². The number of aryl methyl sites for hydroxylation is 1. The van der Waals surface area contributed by atoms with Gasteiger partial charge in [0.05, 0.1) is 11.2 Å². The summed E-state index contributed by atoms with van der Waals surface area (Å²) < 4.78 is 6.27. The third kappa shape index (κ3) is 1.10. The molecule has 0 amide bonds. The lowest BCUT2D eigenvalue weighted by Crippen LogP contribution is -2.08. The number of fused-ring (bicyclic) bond motifs is 1. The molecular weight excluding hydrogens is 192 g/mol. The first-order chi connectivity index (χ1) is 6.09. The molecule has 1 aromatic heterocycles. The lowest BCUT2D eigenvalue weighted by Gasteiger charge is -1.96. The molecule has 68 valence electrons. The Bertz CT molecular complexity index is 527. The first kappa shape index (κ1) is 8.19. The number of benzene rings is 1. The van der Waals surface area contributed by atoms with Gasteiger partial charge in [-0.05, 0) is 12.1 Å². The number of rotatable bonds is 0. The van der Waals surface area contributed by atoms with Crippen LogP contribution in [0.2, 0.25) is 5.02 Å². The quantitative estimate of drug-likeness (QED) is 0.651. The highest BCUT2D eigenvalue weighted by atomic mass is 35.5. The van der Waals surface area contributed by atoms with Gasteiger partial charge in [-0.15, -0.1) is 0 Å². The zero-order valence-corrected chi connectivity index (χ0v) is 7.63. The Labute approximate surface area is 78.5 Å². The van der Waals surface area contributed by atoms with Gasteiger partial charge in [-0.3, -0.25) is 4.57 Å². The van der Waals surface area contributed by atoms with E-state index in [-0.39, 0.29) is 0 Å². The number of anilines is 1. The molecule has 0 radical (unpaired) electrons. The molecule has 0 bridgehead atoms. The molecule has 1 heterocycles. The molecule has 0 unspecified atom stereocenters. The predicted octanol–water partition coefficient (Wildman–Crippen LogP) is 1.37. The van der Waals surface area contributed by atoms with E-state index in [0.29, 0.717) is 21.8 Å². The normalized spacial score (nSPS) is 10.9. The van der Waals surface area contributed by atoms with Gasteiger partial charge in [0.1, 0.15) is 0 Å². The van der Waals surface area contributed by atoms with E-state index in [4.69, 9.17) is 21.8 Å². The maximum absolute atomic E-state index is 11.1. The Morgan fingerprint density at radius 3 is 2.92 bits per heavy atom. The molecule has 2 rings (SSSR count). The second-order valence-electron chi connectivity index (χ2n) is 2.77. The third-order valence-electron chi connectivity index (χ3n) is 1.89. The maximum Gasteiger partial charge on any atom is 0.419 e. The predicted molar refractivity (Wildman–Crippen MR) is 50.9 cm³/mol. The summed E-state index contributed by atoms with van der Waals surface area (Å²) in [7, 11) is 1.60. The van der Waals surface area contributed by atoms with Gasteiger partial charge in [0.2, 0.25) is 0 Å². The van der Waals surface area contributed by atoms with Gasteiger partial charge in [-0.25, -0.2) is 4.79 Å². The van der Waals surface area contributed by atoms with E-state index in [1.54, 1.807) is 19.2 Å². The minimum absolute atomic E-state index is 0.375. The summed E-state index contributed by atoms with van der Waals surface area (Å²) in [6.07, 6.45) is 0. The number of hydrogen-bond donors (Lipinski definition) is 1. The molecule has 0 spiro atoms. The van der Waals surface area contributed by atoms with E-state index >= 15 is 0 Å². The SMILES string of the molecule is Cn1c(=O)oc2c(N)cc(Cl)cc21. The van der Waals surface area contributed by atoms with Crippen molar-refractivity contribution in [2.75, 3.05) is 5.73 Å². The highest BCUT2D eigenvalue weighted by Crippen LogP contribution is 2.24. The molecule has 0 atom stereocenters. The zero-order chi connectivity index (χ0) is 9.59. The molecule has 0 aliphatic rings. The second kappa shape index (κ2) is 2.53. The molecular formula is C8H7ClN2O2. The average Bonchev–Trinajstić information content (AvgIpc) is 2.32. The van der Waals surface area contributed by atoms with Crippen molar-refractivity contribution in [1.82, 2.24) is 4.57 Å². The van der Waals surface area contributed by atoms with E-state index in [9.17, 15) is 4.79 Å². The average molecular weight is 199 g/mol. The fourth-order valence-corrected chi connectivity index (χ4v) is 1.44. The van der Waals surface area contributed by atoms with Crippen LogP contribution in [0, 0.1) is 0 Å². The van der Waals surface area contributed by atoms with Crippen LogP contribution in [0.5, 0.6) is 0 Å². The van der Waals surface area contributed by atoms with E-state index in [1.165, 1.54) is 4.57 Å². The van der Waals surface area contributed by atoms with Gasteiger partial charge in [0.25, 0.3) is 0 Å². The molecule has 0 fully saturated rings. The monoisotopic (exact) mass is 198 g/mol. The third-order valence-corrected chi connectivity index (χ3v) is 2.11. The number of halogens is 1. The van der Waals surface area contributed by atoms with Crippen LogP contribution in [-0.2, 0) is 7.05 Å². The summed E-state index contributed by atoms with van der Waals surface area (Å²) in [5, 5.41) is 0.487. The number of oxazole rings is 1. The zero-order valence-electron chi connectivity index (χ0n) is 6.87. The summed E-state index contributed by atoms with van der Waals surface area (Å²) in [6, 6.07) is 3.19. The lowest BCUT2D eigenvalue weighted by atomic mass is 10.3. The Morgan fingerprint density at radius 2 is 2.23 bits per heavy atom. The summed E-state index contributed by atoms with van der Waals surface area (Å²) in [4.78, 5) is 11.1. The van der Waals surface area contributed by atoms with Gasteiger partial charge in [0, 0.05) is 12.1 Å². The molecule has 5 heteroatoms. The summed E-state index contributed by atoms with van der Waals surface area (Å²) >= 11 is 5.77. The van der Waals surface area contributed by atoms with Crippen LogP contribution in [0.15, 0.2) is 21.3 Å². The maximum atomic E-state index is 11.1. The number of nitrogens with two attached hydrogens (primary N) is 1.